The van der Waals surface area contributed by atoms with Crippen LogP contribution in [0.1, 0.15) is 70.6 Å². The number of aliphatic hydroxyl groups excluding tert-OH is 1. The van der Waals surface area contributed by atoms with E-state index < -0.39 is 65.2 Å². The minimum atomic E-state index is -1.28. The molecule has 5 atom stereocenters. The largest absolute Gasteiger partial charge is 0.390 e. The zero-order valence-electron chi connectivity index (χ0n) is 30.5. The fourth-order valence-corrected chi connectivity index (χ4v) is 7.66. The van der Waals surface area contributed by atoms with Crippen molar-refractivity contribution in [3.8, 4) is 0 Å². The van der Waals surface area contributed by atoms with Crippen molar-refractivity contribution >= 4 is 35.5 Å². The van der Waals surface area contributed by atoms with Crippen LogP contribution < -0.4 is 16.0 Å². The number of carbonyl (C=O) groups excluding carboxylic acids is 4. The van der Waals surface area contributed by atoms with Crippen molar-refractivity contribution in [2.45, 2.75) is 89.0 Å². The number of nitrogens with one attached hydrogen (secondary N) is 3. The molecule has 11 heteroatoms. The molecule has 1 fully saturated rings. The molecule has 1 heterocycles. The number of benzene rings is 3. The van der Waals surface area contributed by atoms with Crippen molar-refractivity contribution in [2.75, 3.05) is 5.75 Å². The van der Waals surface area contributed by atoms with Crippen LogP contribution in [-0.4, -0.2) is 64.9 Å². The van der Waals surface area contributed by atoms with Crippen LogP contribution in [0.3, 0.4) is 0 Å². The van der Waals surface area contributed by atoms with Crippen molar-refractivity contribution in [2.24, 2.45) is 11.8 Å². The lowest BCUT2D eigenvalue weighted by molar-refractivity contribution is -0.290. The molecule has 5 unspecified atom stereocenters. The van der Waals surface area contributed by atoms with Gasteiger partial charge in [0.15, 0.2) is 0 Å². The second-order valence-corrected chi connectivity index (χ2v) is 15.0. The van der Waals surface area contributed by atoms with E-state index in [2.05, 4.69) is 52.3 Å². The molecule has 4 rings (SSSR count). The summed E-state index contributed by atoms with van der Waals surface area (Å²) in [7, 11) is 0. The van der Waals surface area contributed by atoms with E-state index in [-0.39, 0.29) is 18.3 Å². The molecule has 3 amide bonds. The Labute approximate surface area is 311 Å². The lowest BCUT2D eigenvalue weighted by atomic mass is 9.84. The summed E-state index contributed by atoms with van der Waals surface area (Å²) in [6, 6.07) is 28.4. The number of hydrogen-bond acceptors (Lipinski definition) is 8. The SMILES string of the molecule is CC1NC(=O)C(C(C)C)NC(=O)CC(/C=C/CCSC(c2ccccc2)(c2ccccc2)c2ccccc2)OOC(=O)CC(O)C(C(C)C)NC1=O. The van der Waals surface area contributed by atoms with E-state index in [9.17, 15) is 24.3 Å². The van der Waals surface area contributed by atoms with Gasteiger partial charge in [-0.25, -0.2) is 4.79 Å². The summed E-state index contributed by atoms with van der Waals surface area (Å²) in [6.45, 7) is 8.68. The Balaban J connectivity index is 1.55. The van der Waals surface area contributed by atoms with Gasteiger partial charge in [-0.3, -0.25) is 19.3 Å². The third-order valence-corrected chi connectivity index (χ3v) is 10.6. The lowest BCUT2D eigenvalue weighted by Crippen LogP contribution is -2.57. The Morgan fingerprint density at radius 1 is 0.769 bits per heavy atom. The van der Waals surface area contributed by atoms with Gasteiger partial charge in [0.1, 0.15) is 18.2 Å². The molecule has 3 aromatic carbocycles. The quantitative estimate of drug-likeness (QED) is 0.0936. The van der Waals surface area contributed by atoms with Gasteiger partial charge in [0.05, 0.1) is 29.7 Å². The van der Waals surface area contributed by atoms with Crippen LogP contribution in [0.4, 0.5) is 0 Å². The smallest absolute Gasteiger partial charge is 0.345 e. The second kappa shape index (κ2) is 19.4. The van der Waals surface area contributed by atoms with Crippen LogP contribution in [0.2, 0.25) is 0 Å². The van der Waals surface area contributed by atoms with Gasteiger partial charge in [0.25, 0.3) is 0 Å². The molecule has 0 aromatic heterocycles. The van der Waals surface area contributed by atoms with Crippen LogP contribution in [0.15, 0.2) is 103 Å². The van der Waals surface area contributed by atoms with Crippen LogP contribution in [-0.2, 0) is 33.7 Å². The molecular weight excluding hydrogens is 679 g/mol. The van der Waals surface area contributed by atoms with Gasteiger partial charge >= 0.3 is 5.97 Å². The molecule has 0 saturated carbocycles. The van der Waals surface area contributed by atoms with Gasteiger partial charge in [-0.15, -0.1) is 11.8 Å². The monoisotopic (exact) mass is 729 g/mol. The number of rotatable bonds is 10. The predicted molar refractivity (Wildman–Crippen MR) is 203 cm³/mol. The minimum Gasteiger partial charge on any atom is -0.390 e. The third kappa shape index (κ3) is 10.8. The first-order chi connectivity index (χ1) is 24.9. The Kier molecular flexibility index (Phi) is 15.0. The zero-order chi connectivity index (χ0) is 37.7. The average Bonchev–Trinajstić information content (AvgIpc) is 3.13. The number of hydrogen-bond donors (Lipinski definition) is 4. The zero-order valence-corrected chi connectivity index (χ0v) is 31.3. The number of carbonyl (C=O) groups is 4. The summed E-state index contributed by atoms with van der Waals surface area (Å²) >= 11 is 1.79. The average molecular weight is 730 g/mol. The summed E-state index contributed by atoms with van der Waals surface area (Å²) in [4.78, 5) is 62.8. The van der Waals surface area contributed by atoms with Gasteiger partial charge in [-0.2, -0.15) is 4.89 Å². The normalized spacial score (nSPS) is 22.9. The highest BCUT2D eigenvalue weighted by molar-refractivity contribution is 8.00. The van der Waals surface area contributed by atoms with Gasteiger partial charge in [-0.05, 0) is 47.6 Å². The first-order valence-electron chi connectivity index (χ1n) is 17.8. The van der Waals surface area contributed by atoms with Crippen LogP contribution in [0.5, 0.6) is 0 Å². The summed E-state index contributed by atoms with van der Waals surface area (Å²) in [5.41, 5.74) is 3.43. The second-order valence-electron chi connectivity index (χ2n) is 13.7. The number of aliphatic hydroxyl groups is 1. The fraction of sp³-hybridized carbons (Fsp3) is 0.415. The van der Waals surface area contributed by atoms with Crippen molar-refractivity contribution in [3.05, 3.63) is 120 Å². The molecule has 52 heavy (non-hydrogen) atoms. The topological polar surface area (TPSA) is 143 Å². The third-order valence-electron chi connectivity index (χ3n) is 8.98. The van der Waals surface area contributed by atoms with Crippen LogP contribution in [0.25, 0.3) is 0 Å². The maximum Gasteiger partial charge on any atom is 0.345 e. The van der Waals surface area contributed by atoms with Crippen LogP contribution in [0, 0.1) is 11.8 Å². The number of amides is 3. The van der Waals surface area contributed by atoms with E-state index in [1.165, 1.54) is 6.92 Å². The van der Waals surface area contributed by atoms with E-state index in [1.54, 1.807) is 45.5 Å². The summed E-state index contributed by atoms with van der Waals surface area (Å²) in [5, 5.41) is 19.0. The lowest BCUT2D eigenvalue weighted by Gasteiger charge is -2.35. The Hall–Kier alpha value is -4.45. The molecule has 0 bridgehead atoms. The van der Waals surface area contributed by atoms with E-state index in [0.717, 1.165) is 16.7 Å². The van der Waals surface area contributed by atoms with Gasteiger partial charge in [0, 0.05) is 0 Å². The standard InChI is InChI=1S/C41H51N3O7S/c1-27(2)37-34(45)26-36(47)51-50-33(25-35(46)43-38(28(3)4)40(49)42-29(5)39(48)44-37)23-15-16-24-52-41(30-17-9-6-10-18-30,31-19-11-7-12-20-31)32-21-13-8-14-22-32/h6-15,17-23,27-29,33-34,37-38,45H,16,24-26H2,1-5H3,(H,42,49)(H,43,46)(H,44,48)/b23-15+. The molecular formula is C41H51N3O7S. The molecule has 278 valence electrons. The molecule has 1 saturated heterocycles. The summed E-state index contributed by atoms with van der Waals surface area (Å²) in [6.07, 6.45) is 1.19. The van der Waals surface area contributed by atoms with E-state index in [1.807, 2.05) is 60.7 Å². The molecule has 1 aliphatic rings. The van der Waals surface area contributed by atoms with E-state index in [4.69, 9.17) is 9.78 Å². The van der Waals surface area contributed by atoms with Crippen molar-refractivity contribution < 1.29 is 34.1 Å². The summed E-state index contributed by atoms with van der Waals surface area (Å²) < 4.78 is -0.496. The highest BCUT2D eigenvalue weighted by atomic mass is 32.2. The maximum atomic E-state index is 13.3. The molecule has 0 aliphatic carbocycles. The van der Waals surface area contributed by atoms with Crippen molar-refractivity contribution in [1.29, 1.82) is 0 Å². The van der Waals surface area contributed by atoms with E-state index in [0.29, 0.717) is 12.2 Å². The molecule has 3 aromatic rings. The number of allylic oxidation sites excluding steroid dienone is 1. The van der Waals surface area contributed by atoms with Crippen molar-refractivity contribution in [1.82, 2.24) is 16.0 Å². The predicted octanol–water partition coefficient (Wildman–Crippen LogP) is 5.44. The van der Waals surface area contributed by atoms with Crippen LogP contribution >= 0.6 is 11.8 Å². The van der Waals surface area contributed by atoms with Gasteiger partial charge < -0.3 is 21.1 Å². The molecule has 1 aliphatic heterocycles. The van der Waals surface area contributed by atoms with Gasteiger partial charge in [0.2, 0.25) is 17.7 Å². The highest BCUT2D eigenvalue weighted by Crippen LogP contribution is 2.48. The number of thioether (sulfide) groups is 1. The first-order valence-corrected chi connectivity index (χ1v) is 18.8. The molecule has 0 spiro atoms. The molecule has 10 nitrogen and oxygen atoms in total. The van der Waals surface area contributed by atoms with E-state index >= 15 is 0 Å². The highest BCUT2D eigenvalue weighted by Gasteiger charge is 2.37. The Morgan fingerprint density at radius 2 is 1.31 bits per heavy atom. The summed E-state index contributed by atoms with van der Waals surface area (Å²) in [5.74, 6) is -2.26. The minimum absolute atomic E-state index is 0.241. The fourth-order valence-electron chi connectivity index (χ4n) is 6.19. The molecule has 0 radical (unpaired) electrons. The van der Waals surface area contributed by atoms with Crippen molar-refractivity contribution in [3.63, 3.8) is 0 Å². The first kappa shape index (κ1) is 40.3. The Morgan fingerprint density at radius 3 is 1.81 bits per heavy atom. The Bertz CT molecular complexity index is 1540. The molecule has 4 N–H and O–H groups in total. The van der Waals surface area contributed by atoms with Gasteiger partial charge in [-0.1, -0.05) is 131 Å². The maximum absolute atomic E-state index is 13.3.